The van der Waals surface area contributed by atoms with Gasteiger partial charge in [0.25, 0.3) is 0 Å². The molecule has 1 spiro atoms. The Bertz CT molecular complexity index is 1340. The number of aromatic nitrogens is 4. The Morgan fingerprint density at radius 1 is 1.16 bits per heavy atom. The smallest absolute Gasteiger partial charge is 0.143 e. The molecule has 1 aromatic carbocycles. The van der Waals surface area contributed by atoms with Crippen molar-refractivity contribution >= 4 is 43.7 Å². The third-order valence-corrected chi connectivity index (χ3v) is 7.87. The number of hydrogen-bond donors (Lipinski definition) is 4. The molecule has 1 saturated heterocycles. The van der Waals surface area contributed by atoms with E-state index in [1.807, 2.05) is 29.0 Å². The summed E-state index contributed by atoms with van der Waals surface area (Å²) < 4.78 is 2.76. The largest absolute Gasteiger partial charge is 0.390 e. The van der Waals surface area contributed by atoms with Gasteiger partial charge in [0.2, 0.25) is 0 Å². The molecule has 8 nitrogen and oxygen atoms in total. The predicted molar refractivity (Wildman–Crippen MR) is 125 cm³/mol. The highest BCUT2D eigenvalue weighted by Crippen LogP contribution is 2.52. The molecule has 2 aliphatic rings. The fourth-order valence-corrected chi connectivity index (χ4v) is 5.88. The Morgan fingerprint density at radius 2 is 2.03 bits per heavy atom. The summed E-state index contributed by atoms with van der Waals surface area (Å²) in [5, 5.41) is 27.6. The molecule has 0 amide bonds. The first kappa shape index (κ1) is 20.0. The summed E-state index contributed by atoms with van der Waals surface area (Å²) >= 11 is 3.43. The van der Waals surface area contributed by atoms with Crippen LogP contribution in [0.3, 0.4) is 0 Å². The van der Waals surface area contributed by atoms with Crippen LogP contribution in [-0.2, 0) is 0 Å². The van der Waals surface area contributed by atoms with Gasteiger partial charge in [-0.25, -0.2) is 15.0 Å². The lowest BCUT2D eigenvalue weighted by Gasteiger charge is -2.27. The average Bonchev–Trinajstić information content (AvgIpc) is 3.48. The first-order valence-electron chi connectivity index (χ1n) is 10.7. The normalized spacial score (nSPS) is 30.1. The molecule has 5 N–H and O–H groups in total. The average molecular weight is 495 g/mol. The Hall–Kier alpha value is -2.59. The zero-order chi connectivity index (χ0) is 22.0. The van der Waals surface area contributed by atoms with Gasteiger partial charge in [0.1, 0.15) is 23.9 Å². The van der Waals surface area contributed by atoms with Crippen LogP contribution in [0.25, 0.3) is 21.9 Å². The van der Waals surface area contributed by atoms with Gasteiger partial charge in [-0.2, -0.15) is 0 Å². The van der Waals surface area contributed by atoms with Crippen LogP contribution in [-0.4, -0.2) is 48.5 Å². The molecule has 0 bridgehead atoms. The highest BCUT2D eigenvalue weighted by molar-refractivity contribution is 9.10. The monoisotopic (exact) mass is 494 g/mol. The number of anilines is 1. The molecule has 2 fully saturated rings. The van der Waals surface area contributed by atoms with E-state index in [1.165, 1.54) is 6.33 Å². The van der Waals surface area contributed by atoms with Crippen molar-refractivity contribution < 1.29 is 10.2 Å². The lowest BCUT2D eigenvalue weighted by atomic mass is 9.80. The van der Waals surface area contributed by atoms with Gasteiger partial charge in [-0.1, -0.05) is 12.1 Å². The molecule has 4 heterocycles. The topological polar surface area (TPSA) is 122 Å². The number of aliphatic hydroxyl groups excluding tert-OH is 2. The summed E-state index contributed by atoms with van der Waals surface area (Å²) in [5.41, 5.74) is 8.28. The van der Waals surface area contributed by atoms with E-state index in [-0.39, 0.29) is 12.1 Å². The lowest BCUT2D eigenvalue weighted by Crippen LogP contribution is -2.38. The number of nitrogen functional groups attached to an aromatic ring is 1. The molecule has 32 heavy (non-hydrogen) atoms. The van der Waals surface area contributed by atoms with E-state index < -0.39 is 17.6 Å². The molecule has 9 heteroatoms. The maximum Gasteiger partial charge on any atom is 0.143 e. The summed E-state index contributed by atoms with van der Waals surface area (Å²) in [6.07, 6.45) is 4.91. The zero-order valence-corrected chi connectivity index (χ0v) is 18.8. The van der Waals surface area contributed by atoms with Crippen molar-refractivity contribution in [3.05, 3.63) is 59.1 Å². The maximum absolute atomic E-state index is 11.1. The van der Waals surface area contributed by atoms with Crippen LogP contribution in [0.15, 0.2) is 53.5 Å². The van der Waals surface area contributed by atoms with E-state index in [9.17, 15) is 10.2 Å². The Balaban J connectivity index is 1.30. The number of nitrogens with two attached hydrogens (primary N) is 1. The van der Waals surface area contributed by atoms with Gasteiger partial charge in [0.15, 0.2) is 0 Å². The van der Waals surface area contributed by atoms with E-state index in [4.69, 9.17) is 5.73 Å². The van der Waals surface area contributed by atoms with Gasteiger partial charge >= 0.3 is 0 Å². The summed E-state index contributed by atoms with van der Waals surface area (Å²) in [6, 6.07) is 9.93. The van der Waals surface area contributed by atoms with Crippen LogP contribution in [0.1, 0.15) is 30.5 Å². The minimum Gasteiger partial charge on any atom is -0.390 e. The van der Waals surface area contributed by atoms with Crippen LogP contribution in [0.2, 0.25) is 0 Å². The SMILES string of the molecule is Nc1nc2cc([C@@H]3C[C@@]4(CN3)C[C@@H](n3ccc5cncnc53)[C@H](O)[C@@H]4O)ccc2cc1Br. The standard InChI is InChI=1S/C23H23BrN6O2/c24-15-5-12-1-2-13(6-16(12)29-21(15)25)17-7-23(10-27-17)8-18(19(31)20(23)32)30-4-3-14-9-26-11-28-22(14)30/h1-6,9,11,17-20,27,31-32H,7-8,10H2,(H2,25,29)/t17-,18+,19-,20-,23-/m0/s1. The highest BCUT2D eigenvalue weighted by atomic mass is 79.9. The van der Waals surface area contributed by atoms with Crippen molar-refractivity contribution in [3.63, 3.8) is 0 Å². The van der Waals surface area contributed by atoms with E-state index >= 15 is 0 Å². The van der Waals surface area contributed by atoms with Gasteiger partial charge < -0.3 is 25.8 Å². The van der Waals surface area contributed by atoms with Crippen LogP contribution in [0, 0.1) is 5.41 Å². The number of pyridine rings is 1. The third kappa shape index (κ3) is 2.96. The van der Waals surface area contributed by atoms with Crippen molar-refractivity contribution in [1.82, 2.24) is 24.8 Å². The number of hydrogen-bond acceptors (Lipinski definition) is 7. The zero-order valence-electron chi connectivity index (χ0n) is 17.2. The number of nitrogens with zero attached hydrogens (tertiary/aromatic N) is 4. The number of halogens is 1. The number of rotatable bonds is 2. The molecule has 1 aliphatic heterocycles. The Labute approximate surface area is 192 Å². The third-order valence-electron chi connectivity index (χ3n) is 7.23. The Kier molecular flexibility index (Phi) is 4.52. The van der Waals surface area contributed by atoms with Crippen molar-refractivity contribution in [2.24, 2.45) is 5.41 Å². The minimum absolute atomic E-state index is 0.0652. The van der Waals surface area contributed by atoms with E-state index in [0.29, 0.717) is 18.8 Å². The molecule has 3 aromatic heterocycles. The first-order valence-corrected chi connectivity index (χ1v) is 11.5. The van der Waals surface area contributed by atoms with Gasteiger partial charge in [-0.05, 0) is 52.5 Å². The van der Waals surface area contributed by atoms with Crippen molar-refractivity contribution in [2.45, 2.75) is 37.1 Å². The van der Waals surface area contributed by atoms with E-state index in [0.717, 1.165) is 38.4 Å². The molecule has 0 radical (unpaired) electrons. The van der Waals surface area contributed by atoms with Crippen molar-refractivity contribution in [1.29, 1.82) is 0 Å². The fourth-order valence-electron chi connectivity index (χ4n) is 5.54. The lowest BCUT2D eigenvalue weighted by molar-refractivity contribution is -0.0218. The minimum atomic E-state index is -0.864. The van der Waals surface area contributed by atoms with Gasteiger partial charge in [-0.3, -0.25) is 0 Å². The molecule has 0 unspecified atom stereocenters. The molecule has 1 aliphatic carbocycles. The Morgan fingerprint density at radius 3 is 2.91 bits per heavy atom. The maximum atomic E-state index is 11.1. The quantitative estimate of drug-likeness (QED) is 0.337. The summed E-state index contributed by atoms with van der Waals surface area (Å²) in [5.74, 6) is 0.463. The molecule has 5 atom stereocenters. The molecular formula is C23H23BrN6O2. The van der Waals surface area contributed by atoms with Gasteiger partial charge in [0.05, 0.1) is 22.1 Å². The van der Waals surface area contributed by atoms with Crippen LogP contribution in [0.4, 0.5) is 5.82 Å². The number of aliphatic hydroxyl groups is 2. The predicted octanol–water partition coefficient (Wildman–Crippen LogP) is 2.71. The van der Waals surface area contributed by atoms with Crippen LogP contribution in [0.5, 0.6) is 0 Å². The fraction of sp³-hybridized carbons (Fsp3) is 0.348. The molecule has 1 saturated carbocycles. The highest BCUT2D eigenvalue weighted by Gasteiger charge is 2.56. The van der Waals surface area contributed by atoms with Gasteiger partial charge in [-0.15, -0.1) is 0 Å². The number of fused-ring (bicyclic) bond motifs is 2. The van der Waals surface area contributed by atoms with Crippen LogP contribution < -0.4 is 11.1 Å². The summed E-state index contributed by atoms with van der Waals surface area (Å²) in [4.78, 5) is 13.0. The number of nitrogens with one attached hydrogen (secondary N) is 1. The summed E-state index contributed by atoms with van der Waals surface area (Å²) in [7, 11) is 0. The number of benzene rings is 1. The second kappa shape index (κ2) is 7.21. The molecular weight excluding hydrogens is 472 g/mol. The molecule has 164 valence electrons. The van der Waals surface area contributed by atoms with Crippen LogP contribution >= 0.6 is 15.9 Å². The first-order chi connectivity index (χ1) is 15.4. The van der Waals surface area contributed by atoms with E-state index in [1.54, 1.807) is 6.20 Å². The summed E-state index contributed by atoms with van der Waals surface area (Å²) in [6.45, 7) is 0.633. The molecule has 6 rings (SSSR count). The van der Waals surface area contributed by atoms with E-state index in [2.05, 4.69) is 48.3 Å². The van der Waals surface area contributed by atoms with Crippen molar-refractivity contribution in [3.8, 4) is 0 Å². The van der Waals surface area contributed by atoms with Crippen molar-refractivity contribution in [2.75, 3.05) is 12.3 Å². The second-order valence-electron chi connectivity index (χ2n) is 9.04. The second-order valence-corrected chi connectivity index (χ2v) is 9.89. The van der Waals surface area contributed by atoms with Gasteiger partial charge in [0, 0.05) is 41.2 Å². The molecule has 4 aromatic rings.